The molecular formula is C21H15N5O. The number of H-pyrrole nitrogens is 1. The Kier molecular flexibility index (Phi) is 3.47. The molecule has 6 nitrogen and oxygen atoms in total. The van der Waals surface area contributed by atoms with Crippen molar-refractivity contribution in [2.45, 2.75) is 0 Å². The van der Waals surface area contributed by atoms with Crippen LogP contribution in [0.1, 0.15) is 0 Å². The van der Waals surface area contributed by atoms with Crippen LogP contribution in [0.2, 0.25) is 0 Å². The van der Waals surface area contributed by atoms with E-state index in [1.165, 1.54) is 0 Å². The number of hydrogen-bond acceptors (Lipinski definition) is 3. The molecule has 0 spiro atoms. The highest BCUT2D eigenvalue weighted by Crippen LogP contribution is 2.27. The summed E-state index contributed by atoms with van der Waals surface area (Å²) in [7, 11) is 0. The van der Waals surface area contributed by atoms with Crippen LogP contribution in [0.3, 0.4) is 0 Å². The summed E-state index contributed by atoms with van der Waals surface area (Å²) in [5.41, 5.74) is 5.55. The number of aromatic amines is 1. The van der Waals surface area contributed by atoms with Crippen LogP contribution in [0.5, 0.6) is 0 Å². The molecule has 2 aromatic heterocycles. The van der Waals surface area contributed by atoms with E-state index in [4.69, 9.17) is 4.98 Å². The van der Waals surface area contributed by atoms with Crippen LogP contribution in [0.15, 0.2) is 72.8 Å². The second-order valence-electron chi connectivity index (χ2n) is 6.24. The number of para-hydroxylation sites is 3. The summed E-state index contributed by atoms with van der Waals surface area (Å²) < 4.78 is 0. The van der Waals surface area contributed by atoms with Crippen molar-refractivity contribution in [2.24, 2.45) is 0 Å². The molecule has 0 saturated carbocycles. The molecule has 130 valence electrons. The van der Waals surface area contributed by atoms with Crippen LogP contribution in [-0.2, 0) is 0 Å². The SMILES string of the molecule is O=C(Nc1ccccc1)Nc1ccc2[nH]c3nc4ccccc4nc3c2c1. The first-order valence-electron chi connectivity index (χ1n) is 8.57. The number of hydrogen-bond donors (Lipinski definition) is 3. The third-order valence-electron chi connectivity index (χ3n) is 4.39. The summed E-state index contributed by atoms with van der Waals surface area (Å²) in [5.74, 6) is 0. The van der Waals surface area contributed by atoms with Gasteiger partial charge in [-0.25, -0.2) is 14.8 Å². The third-order valence-corrected chi connectivity index (χ3v) is 4.39. The summed E-state index contributed by atoms with van der Waals surface area (Å²) in [6, 6.07) is 22.5. The molecule has 0 radical (unpaired) electrons. The van der Waals surface area contributed by atoms with Crippen LogP contribution >= 0.6 is 0 Å². The molecule has 0 bridgehead atoms. The molecule has 0 saturated heterocycles. The van der Waals surface area contributed by atoms with Crippen LogP contribution in [0.4, 0.5) is 16.2 Å². The van der Waals surface area contributed by atoms with Gasteiger partial charge in [0.15, 0.2) is 5.65 Å². The Bertz CT molecular complexity index is 1290. The lowest BCUT2D eigenvalue weighted by molar-refractivity contribution is 0.262. The highest BCUT2D eigenvalue weighted by atomic mass is 16.2. The molecule has 3 N–H and O–H groups in total. The van der Waals surface area contributed by atoms with E-state index in [2.05, 4.69) is 20.6 Å². The lowest BCUT2D eigenvalue weighted by Gasteiger charge is -2.07. The predicted molar refractivity (Wildman–Crippen MR) is 108 cm³/mol. The number of anilines is 2. The molecule has 2 amide bonds. The Morgan fingerprint density at radius 1 is 0.778 bits per heavy atom. The van der Waals surface area contributed by atoms with Gasteiger partial charge in [-0.1, -0.05) is 30.3 Å². The van der Waals surface area contributed by atoms with Crippen molar-refractivity contribution in [2.75, 3.05) is 10.6 Å². The van der Waals surface area contributed by atoms with Gasteiger partial charge in [0, 0.05) is 22.3 Å². The normalized spacial score (nSPS) is 11.1. The van der Waals surface area contributed by atoms with E-state index in [0.717, 1.165) is 38.8 Å². The summed E-state index contributed by atoms with van der Waals surface area (Å²) in [5, 5.41) is 6.59. The minimum Gasteiger partial charge on any atom is -0.338 e. The average molecular weight is 353 g/mol. The Morgan fingerprint density at radius 2 is 1.48 bits per heavy atom. The van der Waals surface area contributed by atoms with Gasteiger partial charge in [-0.05, 0) is 42.5 Å². The van der Waals surface area contributed by atoms with E-state index in [0.29, 0.717) is 5.69 Å². The molecule has 0 aliphatic carbocycles. The zero-order chi connectivity index (χ0) is 18.2. The van der Waals surface area contributed by atoms with Gasteiger partial charge < -0.3 is 15.6 Å². The van der Waals surface area contributed by atoms with E-state index < -0.39 is 0 Å². The highest BCUT2D eigenvalue weighted by molar-refractivity contribution is 6.08. The number of aromatic nitrogens is 3. The second-order valence-corrected chi connectivity index (χ2v) is 6.24. The second kappa shape index (κ2) is 6.10. The zero-order valence-electron chi connectivity index (χ0n) is 14.2. The number of carbonyl (C=O) groups excluding carboxylic acids is 1. The van der Waals surface area contributed by atoms with Crippen LogP contribution in [0.25, 0.3) is 33.1 Å². The van der Waals surface area contributed by atoms with Gasteiger partial charge in [-0.3, -0.25) is 0 Å². The largest absolute Gasteiger partial charge is 0.338 e. The molecule has 5 rings (SSSR count). The molecule has 27 heavy (non-hydrogen) atoms. The topological polar surface area (TPSA) is 82.7 Å². The number of nitrogens with one attached hydrogen (secondary N) is 3. The smallest absolute Gasteiger partial charge is 0.323 e. The number of amides is 2. The standard InChI is InChI=1S/C21H15N5O/c27-21(22-13-6-2-1-3-7-13)23-14-10-11-16-15(12-14)19-20(25-16)26-18-9-5-4-8-17(18)24-19/h1-12H,(H,25,26)(H2,22,23,27). The highest BCUT2D eigenvalue weighted by Gasteiger charge is 2.10. The number of benzene rings is 3. The molecule has 0 aliphatic heterocycles. The number of fused-ring (bicyclic) bond motifs is 4. The summed E-state index contributed by atoms with van der Waals surface area (Å²) in [4.78, 5) is 24.9. The lowest BCUT2D eigenvalue weighted by Crippen LogP contribution is -2.19. The van der Waals surface area contributed by atoms with Crippen LogP contribution in [0, 0.1) is 0 Å². The minimum absolute atomic E-state index is 0.295. The number of rotatable bonds is 2. The Morgan fingerprint density at radius 3 is 2.30 bits per heavy atom. The molecule has 0 unspecified atom stereocenters. The predicted octanol–water partition coefficient (Wildman–Crippen LogP) is 4.91. The molecule has 6 heteroatoms. The fourth-order valence-electron chi connectivity index (χ4n) is 3.14. The molecule has 0 aliphatic rings. The lowest BCUT2D eigenvalue weighted by atomic mass is 10.2. The van der Waals surface area contributed by atoms with E-state index in [9.17, 15) is 4.79 Å². The Labute approximate surface area is 154 Å². The van der Waals surface area contributed by atoms with Crippen LogP contribution < -0.4 is 10.6 Å². The molecule has 0 atom stereocenters. The van der Waals surface area contributed by atoms with Crippen molar-refractivity contribution in [1.82, 2.24) is 15.0 Å². The monoisotopic (exact) mass is 353 g/mol. The first-order chi connectivity index (χ1) is 13.3. The molecular weight excluding hydrogens is 338 g/mol. The van der Waals surface area contributed by atoms with E-state index >= 15 is 0 Å². The third kappa shape index (κ3) is 2.83. The van der Waals surface area contributed by atoms with Gasteiger partial charge in [0.25, 0.3) is 0 Å². The van der Waals surface area contributed by atoms with Gasteiger partial charge in [0.05, 0.1) is 11.0 Å². The fraction of sp³-hybridized carbons (Fsp3) is 0. The molecule has 2 heterocycles. The van der Waals surface area contributed by atoms with Crippen molar-refractivity contribution in [1.29, 1.82) is 0 Å². The van der Waals surface area contributed by atoms with Crippen molar-refractivity contribution in [3.8, 4) is 0 Å². The Balaban J connectivity index is 1.51. The van der Waals surface area contributed by atoms with Gasteiger partial charge in [-0.15, -0.1) is 0 Å². The van der Waals surface area contributed by atoms with Crippen molar-refractivity contribution >= 4 is 50.5 Å². The van der Waals surface area contributed by atoms with Crippen molar-refractivity contribution < 1.29 is 4.79 Å². The van der Waals surface area contributed by atoms with E-state index in [1.54, 1.807) is 0 Å². The molecule has 3 aromatic carbocycles. The van der Waals surface area contributed by atoms with Crippen molar-refractivity contribution in [3.05, 3.63) is 72.8 Å². The maximum atomic E-state index is 12.2. The van der Waals surface area contributed by atoms with Gasteiger partial charge in [0.1, 0.15) is 5.52 Å². The van der Waals surface area contributed by atoms with Crippen LogP contribution in [-0.4, -0.2) is 21.0 Å². The minimum atomic E-state index is -0.295. The van der Waals surface area contributed by atoms with Gasteiger partial charge in [0.2, 0.25) is 0 Å². The zero-order valence-corrected chi connectivity index (χ0v) is 14.2. The number of carbonyl (C=O) groups is 1. The maximum Gasteiger partial charge on any atom is 0.323 e. The number of urea groups is 1. The van der Waals surface area contributed by atoms with Gasteiger partial charge in [-0.2, -0.15) is 0 Å². The summed E-state index contributed by atoms with van der Waals surface area (Å²) in [6.45, 7) is 0. The van der Waals surface area contributed by atoms with Gasteiger partial charge >= 0.3 is 6.03 Å². The van der Waals surface area contributed by atoms with Crippen molar-refractivity contribution in [3.63, 3.8) is 0 Å². The molecule has 0 fully saturated rings. The van der Waals surface area contributed by atoms with E-state index in [1.807, 2.05) is 72.8 Å². The number of nitrogens with zero attached hydrogens (tertiary/aromatic N) is 2. The summed E-state index contributed by atoms with van der Waals surface area (Å²) in [6.07, 6.45) is 0. The fourth-order valence-corrected chi connectivity index (χ4v) is 3.14. The Hall–Kier alpha value is -3.93. The average Bonchev–Trinajstić information content (AvgIpc) is 3.04. The quantitative estimate of drug-likeness (QED) is 0.422. The summed E-state index contributed by atoms with van der Waals surface area (Å²) >= 11 is 0. The van der Waals surface area contributed by atoms with E-state index in [-0.39, 0.29) is 6.03 Å². The maximum absolute atomic E-state index is 12.2. The first-order valence-corrected chi connectivity index (χ1v) is 8.57. The first kappa shape index (κ1) is 15.3. The molecule has 5 aromatic rings.